The van der Waals surface area contributed by atoms with Crippen LogP contribution in [0.5, 0.6) is 0 Å². The molecule has 0 aromatic rings. The van der Waals surface area contributed by atoms with Gasteiger partial charge in [-0.05, 0) is 6.92 Å². The molecule has 1 saturated heterocycles. The van der Waals surface area contributed by atoms with E-state index in [0.717, 1.165) is 0 Å². The zero-order chi connectivity index (χ0) is 15.7. The fourth-order valence-corrected chi connectivity index (χ4v) is 1.76. The molecule has 3 N–H and O–H groups in total. The summed E-state index contributed by atoms with van der Waals surface area (Å²) in [6, 6.07) is -1.13. The Kier molecular flexibility index (Phi) is 7.48. The Morgan fingerprint density at radius 2 is 2.00 bits per heavy atom. The molecule has 9 nitrogen and oxygen atoms in total. The predicted octanol–water partition coefficient (Wildman–Crippen LogP) is -1.37. The third-order valence-corrected chi connectivity index (χ3v) is 2.80. The van der Waals surface area contributed by atoms with Gasteiger partial charge < -0.3 is 30.1 Å². The van der Waals surface area contributed by atoms with Gasteiger partial charge in [0.2, 0.25) is 5.91 Å². The summed E-state index contributed by atoms with van der Waals surface area (Å²) < 4.78 is 9.92. The van der Waals surface area contributed by atoms with Crippen LogP contribution in [0.4, 0.5) is 4.79 Å². The Morgan fingerprint density at radius 3 is 2.62 bits per heavy atom. The summed E-state index contributed by atoms with van der Waals surface area (Å²) in [6.45, 7) is 3.51. The first kappa shape index (κ1) is 17.2. The fraction of sp³-hybridized carbons (Fsp3) is 0.750. The molecular formula is C12H21N3O6. The van der Waals surface area contributed by atoms with Crippen LogP contribution in [0.25, 0.3) is 0 Å². The summed E-state index contributed by atoms with van der Waals surface area (Å²) in [6.07, 6.45) is 0. The van der Waals surface area contributed by atoms with E-state index in [1.54, 1.807) is 11.8 Å². The van der Waals surface area contributed by atoms with E-state index >= 15 is 0 Å². The molecule has 0 bridgehead atoms. The smallest absolute Gasteiger partial charge is 0.329 e. The van der Waals surface area contributed by atoms with E-state index in [0.29, 0.717) is 26.3 Å². The minimum absolute atomic E-state index is 0.0888. The number of carboxylic acids is 1. The maximum absolute atomic E-state index is 12.0. The van der Waals surface area contributed by atoms with Crippen molar-refractivity contribution in [3.8, 4) is 0 Å². The third-order valence-electron chi connectivity index (χ3n) is 2.80. The summed E-state index contributed by atoms with van der Waals surface area (Å²) in [5.41, 5.74) is 0. The highest BCUT2D eigenvalue weighted by Crippen LogP contribution is 2.00. The van der Waals surface area contributed by atoms with Gasteiger partial charge in [-0.15, -0.1) is 0 Å². The van der Waals surface area contributed by atoms with Crippen LogP contribution in [0.15, 0.2) is 0 Å². The summed E-state index contributed by atoms with van der Waals surface area (Å²) in [5.74, 6) is -1.22. The van der Waals surface area contributed by atoms with Gasteiger partial charge in [0.1, 0.15) is 12.6 Å². The predicted molar refractivity (Wildman–Crippen MR) is 71.9 cm³/mol. The highest BCUT2D eigenvalue weighted by atomic mass is 16.5. The summed E-state index contributed by atoms with van der Waals surface area (Å²) in [5, 5.41) is 13.4. The molecule has 0 saturated carbocycles. The van der Waals surface area contributed by atoms with E-state index in [9.17, 15) is 14.4 Å². The largest absolute Gasteiger partial charge is 0.480 e. The number of aliphatic carboxylic acids is 1. The highest BCUT2D eigenvalue weighted by molar-refractivity contribution is 5.86. The van der Waals surface area contributed by atoms with E-state index in [1.165, 1.54) is 0 Å². The van der Waals surface area contributed by atoms with Gasteiger partial charge in [-0.1, -0.05) is 0 Å². The number of carbonyl (C=O) groups is 3. The minimum Gasteiger partial charge on any atom is -0.480 e. The van der Waals surface area contributed by atoms with E-state index in [-0.39, 0.29) is 19.1 Å². The van der Waals surface area contributed by atoms with Crippen molar-refractivity contribution in [1.82, 2.24) is 15.5 Å². The summed E-state index contributed by atoms with van der Waals surface area (Å²) in [4.78, 5) is 35.4. The molecule has 1 unspecified atom stereocenters. The molecule has 21 heavy (non-hydrogen) atoms. The van der Waals surface area contributed by atoms with Crippen LogP contribution in [0.2, 0.25) is 0 Å². The van der Waals surface area contributed by atoms with Crippen molar-refractivity contribution in [2.45, 2.75) is 13.0 Å². The molecule has 0 spiro atoms. The second-order valence-electron chi connectivity index (χ2n) is 4.51. The molecule has 1 rings (SSSR count). The van der Waals surface area contributed by atoms with Crippen molar-refractivity contribution in [1.29, 1.82) is 0 Å². The molecule has 1 atom stereocenters. The number of hydrogen-bond donors (Lipinski definition) is 3. The Balaban J connectivity index is 2.17. The lowest BCUT2D eigenvalue weighted by Gasteiger charge is -2.29. The molecule has 0 radical (unpaired) electrons. The molecule has 0 aliphatic carbocycles. The van der Waals surface area contributed by atoms with Crippen molar-refractivity contribution >= 4 is 17.9 Å². The molecule has 120 valence electrons. The van der Waals surface area contributed by atoms with Crippen LogP contribution in [0.3, 0.4) is 0 Å². The monoisotopic (exact) mass is 303 g/mol. The summed E-state index contributed by atoms with van der Waals surface area (Å²) in [7, 11) is 0. The van der Waals surface area contributed by atoms with E-state index < -0.39 is 24.6 Å². The molecule has 3 amide bonds. The van der Waals surface area contributed by atoms with Crippen LogP contribution < -0.4 is 10.6 Å². The van der Waals surface area contributed by atoms with Gasteiger partial charge >= 0.3 is 12.0 Å². The molecule has 1 heterocycles. The topological polar surface area (TPSA) is 117 Å². The normalized spacial score (nSPS) is 16.1. The molecule has 0 aromatic carbocycles. The van der Waals surface area contributed by atoms with Crippen molar-refractivity contribution < 1.29 is 29.0 Å². The zero-order valence-corrected chi connectivity index (χ0v) is 12.0. The zero-order valence-electron chi connectivity index (χ0n) is 12.0. The Bertz CT molecular complexity index is 370. The Hall–Kier alpha value is -1.87. The number of rotatable bonds is 7. The van der Waals surface area contributed by atoms with Gasteiger partial charge in [-0.3, -0.25) is 4.79 Å². The number of hydrogen-bond acceptors (Lipinski definition) is 5. The Morgan fingerprint density at radius 1 is 1.33 bits per heavy atom. The molecular weight excluding hydrogens is 282 g/mol. The second kappa shape index (κ2) is 9.14. The maximum atomic E-state index is 12.0. The highest BCUT2D eigenvalue weighted by Gasteiger charge is 2.23. The van der Waals surface area contributed by atoms with E-state index in [2.05, 4.69) is 10.6 Å². The number of morpholine rings is 1. The number of nitrogens with zero attached hydrogens (tertiary/aromatic N) is 1. The van der Waals surface area contributed by atoms with Crippen molar-refractivity contribution in [2.24, 2.45) is 0 Å². The minimum atomic E-state index is -1.07. The quantitative estimate of drug-likeness (QED) is 0.500. The van der Waals surface area contributed by atoms with Gasteiger partial charge in [0.05, 0.1) is 19.8 Å². The first-order valence-corrected chi connectivity index (χ1v) is 6.71. The van der Waals surface area contributed by atoms with Crippen molar-refractivity contribution in [3.63, 3.8) is 0 Å². The lowest BCUT2D eigenvalue weighted by molar-refractivity contribution is -0.142. The lowest BCUT2D eigenvalue weighted by atomic mass is 10.2. The van der Waals surface area contributed by atoms with Gasteiger partial charge in [-0.2, -0.15) is 0 Å². The first-order chi connectivity index (χ1) is 10.0. The maximum Gasteiger partial charge on any atom is 0.329 e. The van der Waals surface area contributed by atoms with Gasteiger partial charge in [0.25, 0.3) is 0 Å². The molecule has 0 aromatic heterocycles. The number of carbonyl (C=O) groups excluding carboxylic acids is 2. The Labute approximate surface area is 122 Å². The van der Waals surface area contributed by atoms with Crippen molar-refractivity contribution in [2.75, 3.05) is 46.1 Å². The molecule has 1 aliphatic heterocycles. The second-order valence-corrected chi connectivity index (χ2v) is 4.51. The average Bonchev–Trinajstić information content (AvgIpc) is 2.46. The molecule has 1 fully saturated rings. The third kappa shape index (κ3) is 6.91. The SMILES string of the molecule is CC(NC(=O)NCCOCC(=O)O)C(=O)N1CCOCC1. The van der Waals surface area contributed by atoms with Crippen LogP contribution in [-0.2, 0) is 19.1 Å². The average molecular weight is 303 g/mol. The number of ether oxygens (including phenoxy) is 2. The number of carboxylic acid groups (broad SMARTS) is 1. The van der Waals surface area contributed by atoms with Gasteiger partial charge in [0, 0.05) is 19.6 Å². The van der Waals surface area contributed by atoms with Crippen LogP contribution >= 0.6 is 0 Å². The number of urea groups is 1. The number of nitrogens with one attached hydrogen (secondary N) is 2. The van der Waals surface area contributed by atoms with Gasteiger partial charge in [-0.25, -0.2) is 9.59 Å². The fourth-order valence-electron chi connectivity index (χ4n) is 1.76. The first-order valence-electron chi connectivity index (χ1n) is 6.71. The standard InChI is InChI=1S/C12H21N3O6/c1-9(11(18)15-3-6-20-7-4-15)14-12(19)13-2-5-21-8-10(16)17/h9H,2-8H2,1H3,(H,16,17)(H2,13,14,19). The van der Waals surface area contributed by atoms with E-state index in [4.69, 9.17) is 14.6 Å². The molecule has 1 aliphatic rings. The van der Waals surface area contributed by atoms with Gasteiger partial charge in [0.15, 0.2) is 0 Å². The number of amides is 3. The van der Waals surface area contributed by atoms with Crippen molar-refractivity contribution in [3.05, 3.63) is 0 Å². The van der Waals surface area contributed by atoms with Crippen LogP contribution in [0, 0.1) is 0 Å². The van der Waals surface area contributed by atoms with Crippen LogP contribution in [0.1, 0.15) is 6.92 Å². The van der Waals surface area contributed by atoms with E-state index in [1.807, 2.05) is 0 Å². The summed E-state index contributed by atoms with van der Waals surface area (Å²) >= 11 is 0. The van der Waals surface area contributed by atoms with Crippen LogP contribution in [-0.4, -0.2) is 80.0 Å². The lowest BCUT2D eigenvalue weighted by Crippen LogP contribution is -2.52. The molecule has 9 heteroatoms.